The molecular weight excluding hydrogens is 358 g/mol. The van der Waals surface area contributed by atoms with Crippen molar-refractivity contribution in [1.82, 2.24) is 9.88 Å². The van der Waals surface area contributed by atoms with Crippen LogP contribution in [0.1, 0.15) is 34.8 Å². The number of hydrogen-bond donors (Lipinski definition) is 0. The maximum Gasteiger partial charge on any atom is 0.342 e. The van der Waals surface area contributed by atoms with Crippen LogP contribution in [-0.4, -0.2) is 69.4 Å². The molecule has 0 radical (unpaired) electrons. The van der Waals surface area contributed by atoms with E-state index in [0.29, 0.717) is 30.9 Å². The number of hydrogen-bond acceptors (Lipinski definition) is 7. The molecule has 1 amide bonds. The summed E-state index contributed by atoms with van der Waals surface area (Å²) in [5.74, 6) is -0.256. The Morgan fingerprint density at radius 3 is 2.62 bits per heavy atom. The number of ether oxygens (including phenoxy) is 1. The smallest absolute Gasteiger partial charge is 0.342 e. The Morgan fingerprint density at radius 1 is 1.35 bits per heavy atom. The number of sulfone groups is 1. The Labute approximate surface area is 154 Å². The first-order valence-corrected chi connectivity index (χ1v) is 10.5. The van der Waals surface area contributed by atoms with Gasteiger partial charge in [-0.05, 0) is 24.5 Å². The number of pyridine rings is 1. The predicted octanol–water partition coefficient (Wildman–Crippen LogP) is 0.644. The van der Waals surface area contributed by atoms with Crippen molar-refractivity contribution in [1.29, 1.82) is 0 Å². The summed E-state index contributed by atoms with van der Waals surface area (Å²) >= 11 is 0. The highest BCUT2D eigenvalue weighted by atomic mass is 32.2. The molecule has 0 unspecified atom stereocenters. The molecule has 1 aromatic heterocycles. The van der Waals surface area contributed by atoms with Crippen LogP contribution < -0.4 is 4.90 Å². The van der Waals surface area contributed by atoms with Gasteiger partial charge in [0.25, 0.3) is 0 Å². The van der Waals surface area contributed by atoms with Crippen LogP contribution in [0.15, 0.2) is 6.20 Å². The lowest BCUT2D eigenvalue weighted by Gasteiger charge is -2.31. The van der Waals surface area contributed by atoms with Crippen LogP contribution in [0.4, 0.5) is 5.82 Å². The lowest BCUT2D eigenvalue weighted by Crippen LogP contribution is -2.38. The van der Waals surface area contributed by atoms with Crippen molar-refractivity contribution >= 4 is 27.5 Å². The zero-order chi connectivity index (χ0) is 19.5. The maximum atomic E-state index is 12.4. The summed E-state index contributed by atoms with van der Waals surface area (Å²) in [7, 11) is 0.429. The van der Waals surface area contributed by atoms with Crippen LogP contribution in [-0.2, 0) is 32.3 Å². The van der Waals surface area contributed by atoms with Gasteiger partial charge in [0.1, 0.15) is 21.2 Å². The monoisotopic (exact) mass is 383 g/mol. The summed E-state index contributed by atoms with van der Waals surface area (Å²) in [6.45, 7) is 2.76. The van der Waals surface area contributed by atoms with E-state index in [2.05, 4.69) is 4.98 Å². The van der Waals surface area contributed by atoms with Crippen LogP contribution >= 0.6 is 0 Å². The van der Waals surface area contributed by atoms with Crippen LogP contribution in [0, 0.1) is 0 Å². The lowest BCUT2D eigenvalue weighted by atomic mass is 9.95. The van der Waals surface area contributed by atoms with Crippen molar-refractivity contribution < 1.29 is 22.7 Å². The van der Waals surface area contributed by atoms with Crippen molar-refractivity contribution in [2.24, 2.45) is 0 Å². The number of rotatable bonds is 6. The molecule has 0 saturated heterocycles. The van der Waals surface area contributed by atoms with Crippen LogP contribution in [0.25, 0.3) is 0 Å². The number of esters is 1. The zero-order valence-corrected chi connectivity index (χ0v) is 16.4. The van der Waals surface area contributed by atoms with E-state index in [1.165, 1.54) is 0 Å². The number of amides is 1. The Kier molecular flexibility index (Phi) is 6.22. The molecule has 9 heteroatoms. The normalized spacial score (nSPS) is 13.9. The molecule has 2 rings (SSSR count). The maximum absolute atomic E-state index is 12.4. The average molecular weight is 383 g/mol. The molecule has 1 aliphatic heterocycles. The number of aromatic nitrogens is 1. The van der Waals surface area contributed by atoms with Crippen molar-refractivity contribution in [3.05, 3.63) is 22.9 Å². The molecule has 144 valence electrons. The molecular formula is C17H25N3O5S. The van der Waals surface area contributed by atoms with Crippen LogP contribution in [0.2, 0.25) is 0 Å². The van der Waals surface area contributed by atoms with E-state index in [1.54, 1.807) is 37.0 Å². The van der Waals surface area contributed by atoms with Gasteiger partial charge in [-0.1, -0.05) is 0 Å². The van der Waals surface area contributed by atoms with Crippen molar-refractivity contribution in [2.45, 2.75) is 26.3 Å². The first-order valence-electron chi connectivity index (χ1n) is 8.44. The topological polar surface area (TPSA) is 96.9 Å². The molecule has 26 heavy (non-hydrogen) atoms. The van der Waals surface area contributed by atoms with Gasteiger partial charge in [-0.25, -0.2) is 18.2 Å². The number of nitrogens with zero attached hydrogens (tertiary/aromatic N) is 3. The molecule has 0 N–H and O–H groups in total. The standard InChI is InChI=1S/C17H25N3O5S/c1-5-25-17(22)15-13-6-8-20(14(21)7-9-26(4,23)24)11-12(13)10-18-16(15)19(2)3/h10H,5-9,11H2,1-4H3. The van der Waals surface area contributed by atoms with Crippen molar-refractivity contribution in [2.75, 3.05) is 44.2 Å². The fourth-order valence-corrected chi connectivity index (χ4v) is 3.48. The largest absolute Gasteiger partial charge is 0.462 e. The van der Waals surface area contributed by atoms with E-state index < -0.39 is 15.8 Å². The first-order chi connectivity index (χ1) is 12.1. The predicted molar refractivity (Wildman–Crippen MR) is 98.0 cm³/mol. The minimum absolute atomic E-state index is 0.0396. The first kappa shape index (κ1) is 20.2. The number of fused-ring (bicyclic) bond motifs is 1. The molecule has 8 nitrogen and oxygen atoms in total. The summed E-state index contributed by atoms with van der Waals surface area (Å²) in [5.41, 5.74) is 2.07. The highest BCUT2D eigenvalue weighted by Crippen LogP contribution is 2.29. The minimum atomic E-state index is -3.18. The summed E-state index contributed by atoms with van der Waals surface area (Å²) in [5, 5.41) is 0. The van der Waals surface area contributed by atoms with E-state index in [0.717, 1.165) is 17.4 Å². The molecule has 1 aromatic rings. The molecule has 0 atom stereocenters. The molecule has 0 saturated carbocycles. The molecule has 0 aliphatic carbocycles. The van der Waals surface area contributed by atoms with Gasteiger partial charge >= 0.3 is 5.97 Å². The second-order valence-corrected chi connectivity index (χ2v) is 8.78. The minimum Gasteiger partial charge on any atom is -0.462 e. The van der Waals surface area contributed by atoms with Gasteiger partial charge < -0.3 is 14.5 Å². The third kappa shape index (κ3) is 4.72. The van der Waals surface area contributed by atoms with Crippen molar-refractivity contribution in [3.63, 3.8) is 0 Å². The van der Waals surface area contributed by atoms with E-state index in [9.17, 15) is 18.0 Å². The number of anilines is 1. The van der Waals surface area contributed by atoms with Crippen molar-refractivity contribution in [3.8, 4) is 0 Å². The van der Waals surface area contributed by atoms with Gasteiger partial charge in [0.2, 0.25) is 5.91 Å². The summed E-state index contributed by atoms with van der Waals surface area (Å²) < 4.78 is 27.7. The Hall–Kier alpha value is -2.16. The molecule has 0 bridgehead atoms. The molecule has 0 spiro atoms. The molecule has 0 aromatic carbocycles. The molecule has 0 fully saturated rings. The third-order valence-electron chi connectivity index (χ3n) is 4.19. The Balaban J connectivity index is 2.28. The molecule has 1 aliphatic rings. The fraction of sp³-hybridized carbons (Fsp3) is 0.588. The van der Waals surface area contributed by atoms with Gasteiger partial charge in [0, 0.05) is 46.1 Å². The van der Waals surface area contributed by atoms with Crippen LogP contribution in [0.3, 0.4) is 0 Å². The van der Waals surface area contributed by atoms with E-state index >= 15 is 0 Å². The van der Waals surface area contributed by atoms with Gasteiger partial charge in [0.15, 0.2) is 0 Å². The van der Waals surface area contributed by atoms with E-state index in [4.69, 9.17) is 4.74 Å². The summed E-state index contributed by atoms with van der Waals surface area (Å²) in [6, 6.07) is 0. The second kappa shape index (κ2) is 8.03. The Bertz CT molecular complexity index is 805. The number of carbonyl (C=O) groups excluding carboxylic acids is 2. The highest BCUT2D eigenvalue weighted by molar-refractivity contribution is 7.90. The average Bonchev–Trinajstić information content (AvgIpc) is 2.57. The van der Waals surface area contributed by atoms with Gasteiger partial charge in [-0.3, -0.25) is 4.79 Å². The van der Waals surface area contributed by atoms with Crippen LogP contribution in [0.5, 0.6) is 0 Å². The summed E-state index contributed by atoms with van der Waals surface area (Å²) in [4.78, 5) is 32.5. The fourth-order valence-electron chi connectivity index (χ4n) is 2.93. The Morgan fingerprint density at radius 2 is 2.04 bits per heavy atom. The third-order valence-corrected chi connectivity index (χ3v) is 5.14. The van der Waals surface area contributed by atoms with E-state index in [1.807, 2.05) is 0 Å². The highest BCUT2D eigenvalue weighted by Gasteiger charge is 2.28. The number of carbonyl (C=O) groups is 2. The van der Waals surface area contributed by atoms with Gasteiger partial charge in [-0.2, -0.15) is 0 Å². The second-order valence-electron chi connectivity index (χ2n) is 6.52. The molecule has 2 heterocycles. The lowest BCUT2D eigenvalue weighted by molar-refractivity contribution is -0.131. The van der Waals surface area contributed by atoms with Gasteiger partial charge in [0.05, 0.1) is 12.4 Å². The van der Waals surface area contributed by atoms with E-state index in [-0.39, 0.29) is 24.7 Å². The summed E-state index contributed by atoms with van der Waals surface area (Å²) in [6.07, 6.45) is 3.24. The SMILES string of the molecule is CCOC(=O)c1c(N(C)C)ncc2c1CCN(C(=O)CCS(C)(=O)=O)C2. The quantitative estimate of drug-likeness (QED) is 0.665. The zero-order valence-electron chi connectivity index (χ0n) is 15.6. The van der Waals surface area contributed by atoms with Gasteiger partial charge in [-0.15, -0.1) is 0 Å².